The van der Waals surface area contributed by atoms with Gasteiger partial charge < -0.3 is 10.4 Å². The van der Waals surface area contributed by atoms with Crippen LogP contribution in [-0.4, -0.2) is 33.7 Å². The summed E-state index contributed by atoms with van der Waals surface area (Å²) in [6, 6.07) is 6.00. The third-order valence-corrected chi connectivity index (χ3v) is 4.56. The van der Waals surface area contributed by atoms with E-state index in [4.69, 9.17) is 0 Å². The number of aromatic nitrogens is 2. The Morgan fingerprint density at radius 3 is 2.59 bits per heavy atom. The van der Waals surface area contributed by atoms with Gasteiger partial charge >= 0.3 is 6.18 Å². The minimum absolute atomic E-state index is 0.0257. The molecule has 1 fully saturated rings. The van der Waals surface area contributed by atoms with Crippen LogP contribution in [0.2, 0.25) is 0 Å². The molecule has 1 aromatic heterocycles. The van der Waals surface area contributed by atoms with E-state index in [-0.39, 0.29) is 17.3 Å². The van der Waals surface area contributed by atoms with Gasteiger partial charge in [0.25, 0.3) is 0 Å². The Kier molecular flexibility index (Phi) is 5.29. The maximum Gasteiger partial charge on any atom is 0.405 e. The van der Waals surface area contributed by atoms with Gasteiger partial charge in [0.1, 0.15) is 12.3 Å². The van der Waals surface area contributed by atoms with Crippen molar-refractivity contribution < 1.29 is 27.5 Å². The fourth-order valence-electron chi connectivity index (χ4n) is 3.31. The van der Waals surface area contributed by atoms with E-state index in [1.54, 1.807) is 12.1 Å². The van der Waals surface area contributed by atoms with E-state index in [1.165, 1.54) is 12.1 Å². The lowest BCUT2D eigenvalue weighted by Crippen LogP contribution is -2.38. The number of hydrogen-bond acceptors (Lipinski definition) is 4. The second-order valence-electron chi connectivity index (χ2n) is 6.45. The number of phenolic OH excluding ortho intramolecular Hbond substituents is 1. The Morgan fingerprint density at radius 1 is 1.22 bits per heavy atom. The van der Waals surface area contributed by atoms with Crippen molar-refractivity contribution in [2.75, 3.05) is 6.54 Å². The maximum atomic E-state index is 14.3. The van der Waals surface area contributed by atoms with Gasteiger partial charge in [0.2, 0.25) is 5.91 Å². The maximum absolute atomic E-state index is 14.3. The number of nitrogens with one attached hydrogen (secondary N) is 1. The third kappa shape index (κ3) is 4.53. The van der Waals surface area contributed by atoms with E-state index in [2.05, 4.69) is 9.97 Å². The first-order valence-corrected chi connectivity index (χ1v) is 8.41. The summed E-state index contributed by atoms with van der Waals surface area (Å²) in [7, 11) is 0. The summed E-state index contributed by atoms with van der Waals surface area (Å²) in [4.78, 5) is 20.3. The van der Waals surface area contributed by atoms with E-state index in [1.807, 2.05) is 5.32 Å². The Labute approximate surface area is 152 Å². The van der Waals surface area contributed by atoms with Crippen molar-refractivity contribution >= 4 is 5.91 Å². The standard InChI is InChI=1S/C18H17F4N3O2/c19-14-8-23-16(10-4-6-11(26)7-5-10)25-15(14)12-2-1-3-13(12)17(27)24-9-18(20,21)22/h4-8,12-13,26H,1-3,9H2,(H,24,27)/t12?,13-/m0/s1. The molecule has 1 unspecified atom stereocenters. The number of hydrogen-bond donors (Lipinski definition) is 2. The first-order chi connectivity index (χ1) is 12.7. The lowest BCUT2D eigenvalue weighted by molar-refractivity contribution is -0.141. The van der Waals surface area contributed by atoms with Crippen LogP contribution in [0.3, 0.4) is 0 Å². The molecule has 0 bridgehead atoms. The van der Waals surface area contributed by atoms with Crippen molar-refractivity contribution in [1.29, 1.82) is 0 Å². The predicted molar refractivity (Wildman–Crippen MR) is 88.2 cm³/mol. The highest BCUT2D eigenvalue weighted by molar-refractivity contribution is 5.80. The molecule has 2 atom stereocenters. The zero-order valence-electron chi connectivity index (χ0n) is 14.1. The number of aromatic hydroxyl groups is 1. The third-order valence-electron chi connectivity index (χ3n) is 4.56. The first kappa shape index (κ1) is 19.1. The van der Waals surface area contributed by atoms with Crippen molar-refractivity contribution in [2.24, 2.45) is 5.92 Å². The topological polar surface area (TPSA) is 75.1 Å². The molecule has 1 aliphatic carbocycles. The van der Waals surface area contributed by atoms with Crippen molar-refractivity contribution in [3.63, 3.8) is 0 Å². The normalized spacial score (nSPS) is 19.9. The van der Waals surface area contributed by atoms with Gasteiger partial charge in [0, 0.05) is 17.4 Å². The van der Waals surface area contributed by atoms with Crippen LogP contribution < -0.4 is 5.32 Å². The number of carbonyl (C=O) groups excluding carboxylic acids is 1. The number of amides is 1. The molecular weight excluding hydrogens is 366 g/mol. The largest absolute Gasteiger partial charge is 0.508 e. The van der Waals surface area contributed by atoms with Gasteiger partial charge in [-0.1, -0.05) is 6.42 Å². The van der Waals surface area contributed by atoms with Gasteiger partial charge in [-0.05, 0) is 37.1 Å². The van der Waals surface area contributed by atoms with Gasteiger partial charge in [-0.15, -0.1) is 0 Å². The van der Waals surface area contributed by atoms with Gasteiger partial charge in [0.05, 0.1) is 11.9 Å². The monoisotopic (exact) mass is 383 g/mol. The van der Waals surface area contributed by atoms with Crippen molar-refractivity contribution in [3.05, 3.63) is 42.0 Å². The van der Waals surface area contributed by atoms with E-state index in [0.717, 1.165) is 6.20 Å². The smallest absolute Gasteiger partial charge is 0.405 e. The van der Waals surface area contributed by atoms with E-state index in [9.17, 15) is 27.5 Å². The molecule has 27 heavy (non-hydrogen) atoms. The highest BCUT2D eigenvalue weighted by Gasteiger charge is 2.38. The van der Waals surface area contributed by atoms with Gasteiger partial charge in [0.15, 0.2) is 11.6 Å². The molecule has 1 aliphatic rings. The SMILES string of the molecule is O=C(NCC(F)(F)F)[C@H]1CCCC1c1nc(-c2ccc(O)cc2)ncc1F. The Balaban J connectivity index is 1.84. The molecule has 2 aromatic rings. The lowest BCUT2D eigenvalue weighted by Gasteiger charge is -2.20. The summed E-state index contributed by atoms with van der Waals surface area (Å²) in [5.74, 6) is -2.57. The molecule has 1 amide bonds. The van der Waals surface area contributed by atoms with Gasteiger partial charge in [-0.2, -0.15) is 13.2 Å². The van der Waals surface area contributed by atoms with Crippen molar-refractivity contribution in [3.8, 4) is 17.1 Å². The average molecular weight is 383 g/mol. The minimum Gasteiger partial charge on any atom is -0.508 e. The quantitative estimate of drug-likeness (QED) is 0.792. The number of nitrogens with zero attached hydrogens (tertiary/aromatic N) is 2. The fraction of sp³-hybridized carbons (Fsp3) is 0.389. The number of carbonyl (C=O) groups is 1. The minimum atomic E-state index is -4.50. The van der Waals surface area contributed by atoms with Crippen LogP contribution in [0.25, 0.3) is 11.4 Å². The summed E-state index contributed by atoms with van der Waals surface area (Å²) in [6.07, 6.45) is -2.10. The molecule has 1 aromatic carbocycles. The van der Waals surface area contributed by atoms with E-state index in [0.29, 0.717) is 24.8 Å². The van der Waals surface area contributed by atoms with Crippen molar-refractivity contribution in [2.45, 2.75) is 31.4 Å². The van der Waals surface area contributed by atoms with Gasteiger partial charge in [-0.3, -0.25) is 4.79 Å². The van der Waals surface area contributed by atoms with Crippen molar-refractivity contribution in [1.82, 2.24) is 15.3 Å². The Morgan fingerprint density at radius 2 is 1.93 bits per heavy atom. The number of rotatable bonds is 4. The summed E-state index contributed by atoms with van der Waals surface area (Å²) in [5.41, 5.74) is 0.572. The second-order valence-corrected chi connectivity index (χ2v) is 6.45. The second kappa shape index (κ2) is 7.50. The molecule has 0 radical (unpaired) electrons. The van der Waals surface area contributed by atoms with Gasteiger partial charge in [-0.25, -0.2) is 14.4 Å². The van der Waals surface area contributed by atoms with Crippen LogP contribution in [0.5, 0.6) is 5.75 Å². The highest BCUT2D eigenvalue weighted by atomic mass is 19.4. The number of alkyl halides is 3. The summed E-state index contributed by atoms with van der Waals surface area (Å²) >= 11 is 0. The molecule has 5 nitrogen and oxygen atoms in total. The van der Waals surface area contributed by atoms with Crippen LogP contribution in [0.4, 0.5) is 17.6 Å². The first-order valence-electron chi connectivity index (χ1n) is 8.41. The van der Waals surface area contributed by atoms with Crippen LogP contribution in [-0.2, 0) is 4.79 Å². The summed E-state index contributed by atoms with van der Waals surface area (Å²) in [5, 5.41) is 11.2. The molecule has 144 valence electrons. The molecule has 3 rings (SSSR count). The molecule has 0 aliphatic heterocycles. The predicted octanol–water partition coefficient (Wildman–Crippen LogP) is 3.55. The molecule has 0 saturated heterocycles. The molecular formula is C18H17F4N3O2. The van der Waals surface area contributed by atoms with Crippen LogP contribution in [0, 0.1) is 11.7 Å². The van der Waals surface area contributed by atoms with Crippen LogP contribution >= 0.6 is 0 Å². The van der Waals surface area contributed by atoms with Crippen LogP contribution in [0.1, 0.15) is 30.9 Å². The number of phenols is 1. The molecule has 1 saturated carbocycles. The summed E-state index contributed by atoms with van der Waals surface area (Å²) < 4.78 is 51.4. The molecule has 1 heterocycles. The van der Waals surface area contributed by atoms with Crippen LogP contribution in [0.15, 0.2) is 30.5 Å². The fourth-order valence-corrected chi connectivity index (χ4v) is 3.31. The average Bonchev–Trinajstić information content (AvgIpc) is 3.10. The number of benzene rings is 1. The molecule has 2 N–H and O–H groups in total. The summed E-state index contributed by atoms with van der Waals surface area (Å²) in [6.45, 7) is -1.42. The molecule has 0 spiro atoms. The number of halogens is 4. The highest BCUT2D eigenvalue weighted by Crippen LogP contribution is 2.40. The van der Waals surface area contributed by atoms with E-state index >= 15 is 0 Å². The Bertz CT molecular complexity index is 824. The Hall–Kier alpha value is -2.71. The molecule has 9 heteroatoms. The zero-order chi connectivity index (χ0) is 19.6. The van der Waals surface area contributed by atoms with E-state index < -0.39 is 36.3 Å². The zero-order valence-corrected chi connectivity index (χ0v) is 14.1. The lowest BCUT2D eigenvalue weighted by atomic mass is 9.91.